The highest BCUT2D eigenvalue weighted by Crippen LogP contribution is 2.31. The van der Waals surface area contributed by atoms with Crippen LogP contribution in [-0.4, -0.2) is 14.7 Å². The van der Waals surface area contributed by atoms with Crippen molar-refractivity contribution in [1.29, 1.82) is 0 Å². The van der Waals surface area contributed by atoms with Gasteiger partial charge in [0.05, 0.1) is 5.56 Å². The summed E-state index contributed by atoms with van der Waals surface area (Å²) < 4.78 is 39.5. The molecule has 1 unspecified atom stereocenters. The number of hydrogen-bond acceptors (Lipinski definition) is 2. The Morgan fingerprint density at radius 3 is 2.74 bits per heavy atom. The van der Waals surface area contributed by atoms with E-state index in [1.807, 2.05) is 6.92 Å². The lowest BCUT2D eigenvalue weighted by Gasteiger charge is -2.14. The Morgan fingerprint density at radius 1 is 1.37 bits per heavy atom. The van der Waals surface area contributed by atoms with Gasteiger partial charge in [0.25, 0.3) is 0 Å². The van der Waals surface area contributed by atoms with Crippen molar-refractivity contribution in [2.24, 2.45) is 0 Å². The Morgan fingerprint density at radius 2 is 2.11 bits per heavy atom. The van der Waals surface area contributed by atoms with Gasteiger partial charge < -0.3 is 9.67 Å². The van der Waals surface area contributed by atoms with Crippen LogP contribution in [0.2, 0.25) is 0 Å². The minimum atomic E-state index is -4.42. The highest BCUT2D eigenvalue weighted by atomic mass is 19.4. The second-order valence-corrected chi connectivity index (χ2v) is 4.10. The zero-order valence-corrected chi connectivity index (χ0v) is 10.2. The maximum Gasteiger partial charge on any atom is 0.416 e. The van der Waals surface area contributed by atoms with E-state index in [9.17, 15) is 18.3 Å². The summed E-state index contributed by atoms with van der Waals surface area (Å²) in [6.45, 7) is 2.45. The predicted octanol–water partition coefficient (Wildman–Crippen LogP) is 3.00. The lowest BCUT2D eigenvalue weighted by Crippen LogP contribution is -2.11. The first-order valence-electron chi connectivity index (χ1n) is 5.79. The minimum Gasteiger partial charge on any atom is -0.380 e. The molecule has 1 N–H and O–H groups in total. The summed E-state index contributed by atoms with van der Waals surface area (Å²) in [5, 5.41) is 10.1. The van der Waals surface area contributed by atoms with Crippen LogP contribution in [0.3, 0.4) is 0 Å². The molecule has 1 aromatic heterocycles. The maximum atomic E-state index is 12.6. The number of rotatable bonds is 3. The lowest BCUT2D eigenvalue weighted by molar-refractivity contribution is -0.137. The smallest absolute Gasteiger partial charge is 0.380 e. The molecule has 19 heavy (non-hydrogen) atoms. The quantitative estimate of drug-likeness (QED) is 0.931. The van der Waals surface area contributed by atoms with Gasteiger partial charge in [0.2, 0.25) is 0 Å². The number of nitrogens with zero attached hydrogens (tertiary/aromatic N) is 2. The van der Waals surface area contributed by atoms with Gasteiger partial charge >= 0.3 is 6.18 Å². The molecule has 0 saturated heterocycles. The number of aromatic nitrogens is 2. The number of benzene rings is 1. The Kier molecular flexibility index (Phi) is 3.61. The van der Waals surface area contributed by atoms with Crippen LogP contribution in [0, 0.1) is 0 Å². The van der Waals surface area contributed by atoms with E-state index < -0.39 is 17.8 Å². The molecule has 0 spiro atoms. The molecule has 1 aromatic carbocycles. The second kappa shape index (κ2) is 5.05. The average Bonchev–Trinajstić information content (AvgIpc) is 2.85. The molecule has 6 heteroatoms. The van der Waals surface area contributed by atoms with E-state index in [0.717, 1.165) is 12.1 Å². The summed E-state index contributed by atoms with van der Waals surface area (Å²) in [4.78, 5) is 3.99. The average molecular weight is 270 g/mol. The van der Waals surface area contributed by atoms with Gasteiger partial charge in [-0.05, 0) is 24.6 Å². The van der Waals surface area contributed by atoms with Gasteiger partial charge in [-0.1, -0.05) is 12.1 Å². The van der Waals surface area contributed by atoms with E-state index in [-0.39, 0.29) is 5.56 Å². The van der Waals surface area contributed by atoms with Crippen molar-refractivity contribution in [3.8, 4) is 0 Å². The molecule has 2 aromatic rings. The van der Waals surface area contributed by atoms with Crippen molar-refractivity contribution in [1.82, 2.24) is 9.55 Å². The Bertz CT molecular complexity index is 563. The standard InChI is InChI=1S/C13H13F3N2O/c1-2-18-7-6-17-12(18)11(19)9-4-3-5-10(8-9)13(14,15)16/h3-8,11,19H,2H2,1H3. The number of alkyl halides is 3. The second-order valence-electron chi connectivity index (χ2n) is 4.10. The number of aliphatic hydroxyl groups is 1. The number of aryl methyl sites for hydroxylation is 1. The van der Waals surface area contributed by atoms with Crippen LogP contribution >= 0.6 is 0 Å². The Balaban J connectivity index is 2.37. The first-order chi connectivity index (χ1) is 8.93. The van der Waals surface area contributed by atoms with Gasteiger partial charge in [-0.3, -0.25) is 0 Å². The molecule has 1 atom stereocenters. The zero-order chi connectivity index (χ0) is 14.0. The summed E-state index contributed by atoms with van der Waals surface area (Å²) >= 11 is 0. The van der Waals surface area contributed by atoms with Crippen LogP contribution in [0.1, 0.15) is 30.0 Å². The summed E-state index contributed by atoms with van der Waals surface area (Å²) in [6.07, 6.45) is -2.41. The molecule has 0 aliphatic rings. The molecule has 0 aliphatic carbocycles. The van der Waals surface area contributed by atoms with Crippen molar-refractivity contribution in [2.45, 2.75) is 25.7 Å². The fourth-order valence-corrected chi connectivity index (χ4v) is 1.87. The summed E-state index contributed by atoms with van der Waals surface area (Å²) in [6, 6.07) is 4.65. The summed E-state index contributed by atoms with van der Waals surface area (Å²) in [5.41, 5.74) is -0.602. The van der Waals surface area contributed by atoms with Crippen LogP contribution in [0.4, 0.5) is 13.2 Å². The third-order valence-electron chi connectivity index (χ3n) is 2.86. The van der Waals surface area contributed by atoms with Crippen molar-refractivity contribution in [3.63, 3.8) is 0 Å². The monoisotopic (exact) mass is 270 g/mol. The minimum absolute atomic E-state index is 0.177. The molecular weight excluding hydrogens is 257 g/mol. The SMILES string of the molecule is CCn1ccnc1C(O)c1cccc(C(F)(F)F)c1. The van der Waals surface area contributed by atoms with Gasteiger partial charge in [0.1, 0.15) is 11.9 Å². The molecular formula is C13H13F3N2O. The van der Waals surface area contributed by atoms with E-state index >= 15 is 0 Å². The fourth-order valence-electron chi connectivity index (χ4n) is 1.87. The molecule has 0 amide bonds. The highest BCUT2D eigenvalue weighted by molar-refractivity contribution is 5.30. The van der Waals surface area contributed by atoms with Gasteiger partial charge in [-0.25, -0.2) is 4.98 Å². The highest BCUT2D eigenvalue weighted by Gasteiger charge is 2.31. The number of hydrogen-bond donors (Lipinski definition) is 1. The first-order valence-corrected chi connectivity index (χ1v) is 5.79. The maximum absolute atomic E-state index is 12.6. The molecule has 102 valence electrons. The number of imidazole rings is 1. The molecule has 1 heterocycles. The van der Waals surface area contributed by atoms with E-state index in [1.165, 1.54) is 18.3 Å². The third kappa shape index (κ3) is 2.78. The summed E-state index contributed by atoms with van der Waals surface area (Å²) in [7, 11) is 0. The summed E-state index contributed by atoms with van der Waals surface area (Å²) in [5.74, 6) is 0.335. The van der Waals surface area contributed by atoms with Gasteiger partial charge in [0, 0.05) is 18.9 Å². The van der Waals surface area contributed by atoms with Crippen LogP contribution in [0.5, 0.6) is 0 Å². The van der Waals surface area contributed by atoms with Crippen LogP contribution in [0.15, 0.2) is 36.7 Å². The van der Waals surface area contributed by atoms with Crippen molar-refractivity contribution >= 4 is 0 Å². The van der Waals surface area contributed by atoms with Crippen LogP contribution < -0.4 is 0 Å². The van der Waals surface area contributed by atoms with Crippen LogP contribution in [-0.2, 0) is 12.7 Å². The van der Waals surface area contributed by atoms with Crippen molar-refractivity contribution < 1.29 is 18.3 Å². The van der Waals surface area contributed by atoms with E-state index in [0.29, 0.717) is 12.4 Å². The molecule has 0 radical (unpaired) electrons. The molecule has 0 aliphatic heterocycles. The van der Waals surface area contributed by atoms with E-state index in [2.05, 4.69) is 4.98 Å². The Labute approximate surface area is 108 Å². The molecule has 0 fully saturated rings. The topological polar surface area (TPSA) is 38.0 Å². The number of aliphatic hydroxyl groups excluding tert-OH is 1. The molecule has 0 bridgehead atoms. The van der Waals surface area contributed by atoms with Gasteiger partial charge in [-0.15, -0.1) is 0 Å². The normalized spacial score (nSPS) is 13.5. The van der Waals surface area contributed by atoms with Gasteiger partial charge in [-0.2, -0.15) is 13.2 Å². The zero-order valence-electron chi connectivity index (χ0n) is 10.2. The lowest BCUT2D eigenvalue weighted by atomic mass is 10.1. The van der Waals surface area contributed by atoms with E-state index in [4.69, 9.17) is 0 Å². The molecule has 0 saturated carbocycles. The predicted molar refractivity (Wildman–Crippen MR) is 63.4 cm³/mol. The number of halogens is 3. The van der Waals surface area contributed by atoms with Gasteiger partial charge in [0.15, 0.2) is 0 Å². The van der Waals surface area contributed by atoms with Crippen molar-refractivity contribution in [2.75, 3.05) is 0 Å². The van der Waals surface area contributed by atoms with Crippen LogP contribution in [0.25, 0.3) is 0 Å². The fraction of sp³-hybridized carbons (Fsp3) is 0.308. The molecule has 2 rings (SSSR count). The Hall–Kier alpha value is -1.82. The molecule has 3 nitrogen and oxygen atoms in total. The third-order valence-corrected chi connectivity index (χ3v) is 2.86. The largest absolute Gasteiger partial charge is 0.416 e. The van der Waals surface area contributed by atoms with Crippen molar-refractivity contribution in [3.05, 3.63) is 53.6 Å². The first kappa shape index (κ1) is 13.6. The van der Waals surface area contributed by atoms with E-state index in [1.54, 1.807) is 10.8 Å².